The van der Waals surface area contributed by atoms with Crippen molar-refractivity contribution in [3.8, 4) is 5.75 Å². The van der Waals surface area contributed by atoms with Gasteiger partial charge in [-0.1, -0.05) is 18.2 Å². The number of hydrogen-bond donors (Lipinski definition) is 1. The van der Waals surface area contributed by atoms with Crippen molar-refractivity contribution in [3.63, 3.8) is 0 Å². The van der Waals surface area contributed by atoms with Gasteiger partial charge < -0.3 is 4.74 Å². The van der Waals surface area contributed by atoms with E-state index in [1.54, 1.807) is 25.1 Å². The van der Waals surface area contributed by atoms with Crippen molar-refractivity contribution >= 4 is 17.3 Å². The van der Waals surface area contributed by atoms with Crippen LogP contribution in [-0.4, -0.2) is 23.1 Å². The van der Waals surface area contributed by atoms with Gasteiger partial charge in [0.2, 0.25) is 0 Å². The van der Waals surface area contributed by atoms with Crippen LogP contribution in [0.1, 0.15) is 18.1 Å². The molecule has 1 amide bonds. The Bertz CT molecular complexity index is 770. The molecule has 0 saturated carbocycles. The maximum absolute atomic E-state index is 11.8. The number of amides is 1. The molecule has 0 atom stereocenters. The summed E-state index contributed by atoms with van der Waals surface area (Å²) < 4.78 is 5.42. The van der Waals surface area contributed by atoms with Gasteiger partial charge in [0, 0.05) is 12.1 Å². The summed E-state index contributed by atoms with van der Waals surface area (Å²) in [6.45, 7) is 3.44. The van der Waals surface area contributed by atoms with Crippen LogP contribution in [0.25, 0.3) is 0 Å². The molecule has 2 aromatic carbocycles. The van der Waals surface area contributed by atoms with Crippen LogP contribution in [0, 0.1) is 17.0 Å². The van der Waals surface area contributed by atoms with Gasteiger partial charge in [0.15, 0.2) is 6.61 Å². The van der Waals surface area contributed by atoms with Crippen LogP contribution in [0.3, 0.4) is 0 Å². The summed E-state index contributed by atoms with van der Waals surface area (Å²) >= 11 is 0. The van der Waals surface area contributed by atoms with Crippen molar-refractivity contribution < 1.29 is 14.5 Å². The molecule has 0 aliphatic rings. The molecular formula is C17H17N3O4. The Balaban J connectivity index is 1.90. The molecule has 0 radical (unpaired) electrons. The fraction of sp³-hybridized carbons (Fsp3) is 0.176. The van der Waals surface area contributed by atoms with Crippen molar-refractivity contribution in [1.82, 2.24) is 5.43 Å². The highest BCUT2D eigenvalue weighted by Crippen LogP contribution is 2.15. The van der Waals surface area contributed by atoms with Crippen LogP contribution in [0.5, 0.6) is 5.75 Å². The average molecular weight is 327 g/mol. The molecule has 0 saturated heterocycles. The second kappa shape index (κ2) is 7.87. The van der Waals surface area contributed by atoms with E-state index in [2.05, 4.69) is 10.5 Å². The summed E-state index contributed by atoms with van der Waals surface area (Å²) in [5, 5.41) is 14.6. The van der Waals surface area contributed by atoms with Gasteiger partial charge in [-0.05, 0) is 43.2 Å². The predicted molar refractivity (Wildman–Crippen MR) is 90.1 cm³/mol. The largest absolute Gasteiger partial charge is 0.483 e. The summed E-state index contributed by atoms with van der Waals surface area (Å²) in [5.41, 5.74) is 4.56. The lowest BCUT2D eigenvalue weighted by Crippen LogP contribution is -2.25. The Morgan fingerprint density at radius 3 is 2.50 bits per heavy atom. The number of ether oxygens (including phenoxy) is 1. The van der Waals surface area contributed by atoms with Crippen LogP contribution in [0.15, 0.2) is 53.6 Å². The van der Waals surface area contributed by atoms with Gasteiger partial charge in [-0.25, -0.2) is 5.43 Å². The molecular weight excluding hydrogens is 310 g/mol. The molecule has 7 heteroatoms. The van der Waals surface area contributed by atoms with Crippen LogP contribution in [0.2, 0.25) is 0 Å². The Morgan fingerprint density at radius 1 is 1.21 bits per heavy atom. The Morgan fingerprint density at radius 2 is 1.88 bits per heavy atom. The van der Waals surface area contributed by atoms with Crippen LogP contribution < -0.4 is 10.2 Å². The second-order valence-corrected chi connectivity index (χ2v) is 5.09. The zero-order valence-corrected chi connectivity index (χ0v) is 13.4. The van der Waals surface area contributed by atoms with E-state index in [0.717, 1.165) is 5.56 Å². The number of nitro benzene ring substituents is 1. The summed E-state index contributed by atoms with van der Waals surface area (Å²) in [5.74, 6) is 0.253. The second-order valence-electron chi connectivity index (χ2n) is 5.09. The first kappa shape index (κ1) is 17.1. The number of para-hydroxylation sites is 1. The van der Waals surface area contributed by atoms with Crippen molar-refractivity contribution in [2.24, 2.45) is 5.10 Å². The van der Waals surface area contributed by atoms with E-state index in [4.69, 9.17) is 4.74 Å². The number of nitrogens with one attached hydrogen (secondary N) is 1. The molecule has 0 aliphatic heterocycles. The van der Waals surface area contributed by atoms with E-state index in [1.165, 1.54) is 12.1 Å². The molecule has 0 bridgehead atoms. The SMILES string of the molecule is C/C(=N\NC(=O)COc1ccccc1C)c1ccc([N+](=O)[O-])cc1. The van der Waals surface area contributed by atoms with E-state index in [9.17, 15) is 14.9 Å². The molecule has 24 heavy (non-hydrogen) atoms. The van der Waals surface area contributed by atoms with Crippen molar-refractivity contribution in [2.45, 2.75) is 13.8 Å². The summed E-state index contributed by atoms with van der Waals surface area (Å²) in [7, 11) is 0. The highest BCUT2D eigenvalue weighted by molar-refractivity contribution is 5.99. The number of non-ortho nitro benzene ring substituents is 1. The number of hydrazone groups is 1. The predicted octanol–water partition coefficient (Wildman–Crippen LogP) is 2.82. The number of nitro groups is 1. The van der Waals surface area contributed by atoms with Gasteiger partial charge in [0.25, 0.3) is 11.6 Å². The maximum Gasteiger partial charge on any atom is 0.277 e. The molecule has 7 nitrogen and oxygen atoms in total. The van der Waals surface area contributed by atoms with Gasteiger partial charge in [-0.15, -0.1) is 0 Å². The van der Waals surface area contributed by atoms with E-state index in [1.807, 2.05) is 25.1 Å². The van der Waals surface area contributed by atoms with E-state index >= 15 is 0 Å². The third kappa shape index (κ3) is 4.64. The maximum atomic E-state index is 11.8. The molecule has 0 aromatic heterocycles. The highest BCUT2D eigenvalue weighted by Gasteiger charge is 2.07. The third-order valence-corrected chi connectivity index (χ3v) is 3.30. The van der Waals surface area contributed by atoms with Gasteiger partial charge in [0.05, 0.1) is 10.6 Å². The first-order valence-electron chi connectivity index (χ1n) is 7.24. The Hall–Kier alpha value is -3.22. The molecule has 2 rings (SSSR count). The Labute approximate surface area is 139 Å². The molecule has 0 unspecified atom stereocenters. The van der Waals surface area contributed by atoms with Crippen molar-refractivity contribution in [1.29, 1.82) is 0 Å². The fourth-order valence-corrected chi connectivity index (χ4v) is 1.93. The number of hydrogen-bond acceptors (Lipinski definition) is 5. The van der Waals surface area contributed by atoms with Crippen molar-refractivity contribution in [2.75, 3.05) is 6.61 Å². The summed E-state index contributed by atoms with van der Waals surface area (Å²) in [6, 6.07) is 13.3. The number of aryl methyl sites for hydroxylation is 1. The lowest BCUT2D eigenvalue weighted by molar-refractivity contribution is -0.384. The lowest BCUT2D eigenvalue weighted by atomic mass is 10.1. The quantitative estimate of drug-likeness (QED) is 0.501. The topological polar surface area (TPSA) is 93.8 Å². The highest BCUT2D eigenvalue weighted by atomic mass is 16.6. The summed E-state index contributed by atoms with van der Waals surface area (Å²) in [4.78, 5) is 21.9. The van der Waals surface area contributed by atoms with Gasteiger partial charge in [-0.3, -0.25) is 14.9 Å². The zero-order chi connectivity index (χ0) is 17.5. The van der Waals surface area contributed by atoms with Crippen LogP contribution in [-0.2, 0) is 4.79 Å². The minimum absolute atomic E-state index is 0.00205. The van der Waals surface area contributed by atoms with Crippen molar-refractivity contribution in [3.05, 3.63) is 69.8 Å². The van der Waals surface area contributed by atoms with E-state index in [0.29, 0.717) is 17.0 Å². The number of rotatable bonds is 6. The average Bonchev–Trinajstić information content (AvgIpc) is 2.59. The lowest BCUT2D eigenvalue weighted by Gasteiger charge is -2.08. The first-order chi connectivity index (χ1) is 11.5. The van der Waals surface area contributed by atoms with Crippen LogP contribution >= 0.6 is 0 Å². The Kier molecular flexibility index (Phi) is 5.62. The number of carbonyl (C=O) groups excluding carboxylic acids is 1. The molecule has 0 aliphatic carbocycles. The molecule has 0 spiro atoms. The molecule has 2 aromatic rings. The van der Waals surface area contributed by atoms with Gasteiger partial charge >= 0.3 is 0 Å². The number of nitrogens with zero attached hydrogens (tertiary/aromatic N) is 2. The van der Waals surface area contributed by atoms with E-state index in [-0.39, 0.29) is 18.2 Å². The summed E-state index contributed by atoms with van der Waals surface area (Å²) in [6.07, 6.45) is 0. The standard InChI is InChI=1S/C17H17N3O4/c1-12-5-3-4-6-16(12)24-11-17(21)19-18-13(2)14-7-9-15(10-8-14)20(22)23/h3-10H,11H2,1-2H3,(H,19,21)/b18-13+. The minimum Gasteiger partial charge on any atom is -0.483 e. The molecule has 0 fully saturated rings. The minimum atomic E-state index is -0.471. The fourth-order valence-electron chi connectivity index (χ4n) is 1.93. The zero-order valence-electron chi connectivity index (χ0n) is 13.4. The molecule has 0 heterocycles. The molecule has 1 N–H and O–H groups in total. The third-order valence-electron chi connectivity index (χ3n) is 3.30. The van der Waals surface area contributed by atoms with Crippen LogP contribution in [0.4, 0.5) is 5.69 Å². The number of carbonyl (C=O) groups is 1. The van der Waals surface area contributed by atoms with Gasteiger partial charge in [-0.2, -0.15) is 5.10 Å². The van der Waals surface area contributed by atoms with E-state index < -0.39 is 4.92 Å². The number of benzene rings is 2. The first-order valence-corrected chi connectivity index (χ1v) is 7.24. The normalized spacial score (nSPS) is 11.0. The molecule has 124 valence electrons. The smallest absolute Gasteiger partial charge is 0.277 e. The van der Waals surface area contributed by atoms with Gasteiger partial charge in [0.1, 0.15) is 5.75 Å². The monoisotopic (exact) mass is 327 g/mol.